The Labute approximate surface area is 193 Å². The minimum Gasteiger partial charge on any atom is -0.338 e. The first-order chi connectivity index (χ1) is 14.5. The molecule has 0 bridgehead atoms. The molecule has 4 amide bonds. The highest BCUT2D eigenvalue weighted by atomic mass is 79.9. The van der Waals surface area contributed by atoms with Crippen LogP contribution in [0.2, 0.25) is 0 Å². The van der Waals surface area contributed by atoms with E-state index in [4.69, 9.17) is 0 Å². The van der Waals surface area contributed by atoms with Gasteiger partial charge in [0.15, 0.2) is 0 Å². The second-order valence-electron chi connectivity index (χ2n) is 7.59. The molecule has 0 aliphatic heterocycles. The fraction of sp³-hybridized carbons (Fsp3) is 0.364. The lowest BCUT2D eigenvalue weighted by Crippen LogP contribution is -2.38. The fourth-order valence-electron chi connectivity index (χ4n) is 3.73. The molecule has 30 heavy (non-hydrogen) atoms. The number of hydrogen-bond donors (Lipinski definition) is 4. The number of nitrogens with one attached hydrogen (secondary N) is 4. The van der Waals surface area contributed by atoms with E-state index < -0.39 is 0 Å². The van der Waals surface area contributed by atoms with E-state index in [1.807, 2.05) is 48.5 Å². The average Bonchev–Trinajstić information content (AvgIpc) is 2.71. The molecule has 0 unspecified atom stereocenters. The number of benzene rings is 2. The van der Waals surface area contributed by atoms with Gasteiger partial charge in [0.05, 0.1) is 0 Å². The SMILES string of the molecule is O=C(NC[C@H]1CCC[C@H](CNC(=O)Nc2cccc(Br)c2)C1)Nc1cccc(Br)c1. The monoisotopic (exact) mass is 536 g/mol. The summed E-state index contributed by atoms with van der Waals surface area (Å²) in [7, 11) is 0. The summed E-state index contributed by atoms with van der Waals surface area (Å²) in [5, 5.41) is 11.7. The van der Waals surface area contributed by atoms with E-state index in [9.17, 15) is 9.59 Å². The van der Waals surface area contributed by atoms with Crippen molar-refractivity contribution in [2.24, 2.45) is 11.8 Å². The van der Waals surface area contributed by atoms with Gasteiger partial charge in [0, 0.05) is 33.4 Å². The molecule has 4 N–H and O–H groups in total. The summed E-state index contributed by atoms with van der Waals surface area (Å²) in [5.74, 6) is 0.846. The Morgan fingerprint density at radius 2 is 1.27 bits per heavy atom. The van der Waals surface area contributed by atoms with Crippen molar-refractivity contribution < 1.29 is 9.59 Å². The van der Waals surface area contributed by atoms with Crippen LogP contribution < -0.4 is 21.3 Å². The van der Waals surface area contributed by atoms with Crippen molar-refractivity contribution in [3.05, 3.63) is 57.5 Å². The lowest BCUT2D eigenvalue weighted by Gasteiger charge is -2.29. The van der Waals surface area contributed by atoms with Crippen LogP contribution in [0.3, 0.4) is 0 Å². The molecule has 0 spiro atoms. The minimum absolute atomic E-state index is 0.193. The fourth-order valence-corrected chi connectivity index (χ4v) is 4.53. The molecule has 2 aromatic rings. The number of anilines is 2. The number of carbonyl (C=O) groups excluding carboxylic acids is 2. The van der Waals surface area contributed by atoms with Crippen LogP contribution in [0.5, 0.6) is 0 Å². The molecule has 1 saturated carbocycles. The summed E-state index contributed by atoms with van der Waals surface area (Å²) in [6.07, 6.45) is 4.29. The van der Waals surface area contributed by atoms with Crippen molar-refractivity contribution in [2.75, 3.05) is 23.7 Å². The van der Waals surface area contributed by atoms with Crippen molar-refractivity contribution in [3.63, 3.8) is 0 Å². The zero-order valence-electron chi connectivity index (χ0n) is 16.6. The number of urea groups is 2. The summed E-state index contributed by atoms with van der Waals surface area (Å²) < 4.78 is 1.85. The third-order valence-corrected chi connectivity index (χ3v) is 6.15. The summed E-state index contributed by atoms with van der Waals surface area (Å²) >= 11 is 6.80. The Morgan fingerprint density at radius 3 is 1.70 bits per heavy atom. The van der Waals surface area contributed by atoms with Crippen molar-refractivity contribution in [2.45, 2.75) is 25.7 Å². The summed E-state index contributed by atoms with van der Waals surface area (Å²) in [6, 6.07) is 14.6. The zero-order chi connectivity index (χ0) is 21.3. The van der Waals surface area contributed by atoms with Crippen LogP contribution in [-0.4, -0.2) is 25.2 Å². The molecular formula is C22H26Br2N4O2. The average molecular weight is 538 g/mol. The lowest BCUT2D eigenvalue weighted by molar-refractivity contribution is 0.230. The molecule has 1 aliphatic rings. The molecule has 1 fully saturated rings. The largest absolute Gasteiger partial charge is 0.338 e. The Morgan fingerprint density at radius 1 is 0.800 bits per heavy atom. The van der Waals surface area contributed by atoms with Gasteiger partial charge < -0.3 is 21.3 Å². The van der Waals surface area contributed by atoms with Gasteiger partial charge in [-0.15, -0.1) is 0 Å². The molecule has 0 aromatic heterocycles. The summed E-state index contributed by atoms with van der Waals surface area (Å²) in [4.78, 5) is 24.3. The predicted octanol–water partition coefficient (Wildman–Crippen LogP) is 5.96. The third kappa shape index (κ3) is 7.65. The van der Waals surface area contributed by atoms with E-state index >= 15 is 0 Å². The Bertz CT molecular complexity index is 808. The maximum absolute atomic E-state index is 12.2. The van der Waals surface area contributed by atoms with E-state index in [1.165, 1.54) is 0 Å². The van der Waals surface area contributed by atoms with E-state index in [-0.39, 0.29) is 12.1 Å². The molecule has 1 aliphatic carbocycles. The highest BCUT2D eigenvalue weighted by molar-refractivity contribution is 9.10. The number of halogens is 2. The van der Waals surface area contributed by atoms with Gasteiger partial charge >= 0.3 is 12.1 Å². The van der Waals surface area contributed by atoms with Crippen LogP contribution in [0.15, 0.2) is 57.5 Å². The molecule has 2 aromatic carbocycles. The maximum atomic E-state index is 12.2. The number of hydrogen-bond acceptors (Lipinski definition) is 2. The molecule has 0 radical (unpaired) electrons. The normalized spacial score (nSPS) is 18.3. The first-order valence-corrected chi connectivity index (χ1v) is 11.7. The second-order valence-corrected chi connectivity index (χ2v) is 9.42. The Hall–Kier alpha value is -2.06. The van der Waals surface area contributed by atoms with Crippen LogP contribution in [0, 0.1) is 11.8 Å². The first-order valence-electron chi connectivity index (χ1n) is 10.1. The molecule has 3 rings (SSSR count). The Balaban J connectivity index is 1.37. The van der Waals surface area contributed by atoms with Crippen LogP contribution in [-0.2, 0) is 0 Å². The molecule has 8 heteroatoms. The first kappa shape index (κ1) is 22.6. The van der Waals surface area contributed by atoms with Gasteiger partial charge in [-0.2, -0.15) is 0 Å². The lowest BCUT2D eigenvalue weighted by atomic mass is 9.81. The zero-order valence-corrected chi connectivity index (χ0v) is 19.8. The van der Waals surface area contributed by atoms with Crippen LogP contribution in [0.1, 0.15) is 25.7 Å². The quantitative estimate of drug-likeness (QED) is 0.366. The predicted molar refractivity (Wildman–Crippen MR) is 128 cm³/mol. The number of carbonyl (C=O) groups is 2. The minimum atomic E-state index is -0.193. The van der Waals surface area contributed by atoms with Gasteiger partial charge in [-0.3, -0.25) is 0 Å². The van der Waals surface area contributed by atoms with Gasteiger partial charge in [-0.1, -0.05) is 50.4 Å². The van der Waals surface area contributed by atoms with Gasteiger partial charge in [0.1, 0.15) is 0 Å². The maximum Gasteiger partial charge on any atom is 0.319 e. The molecular weight excluding hydrogens is 512 g/mol. The van der Waals surface area contributed by atoms with E-state index in [1.54, 1.807) is 0 Å². The van der Waals surface area contributed by atoms with Gasteiger partial charge in [0.25, 0.3) is 0 Å². The van der Waals surface area contributed by atoms with Crippen molar-refractivity contribution in [1.29, 1.82) is 0 Å². The molecule has 160 valence electrons. The van der Waals surface area contributed by atoms with E-state index in [0.29, 0.717) is 24.9 Å². The third-order valence-electron chi connectivity index (χ3n) is 5.16. The van der Waals surface area contributed by atoms with Crippen LogP contribution in [0.25, 0.3) is 0 Å². The second kappa shape index (κ2) is 11.4. The highest BCUT2D eigenvalue weighted by Gasteiger charge is 2.23. The van der Waals surface area contributed by atoms with Crippen LogP contribution >= 0.6 is 31.9 Å². The summed E-state index contributed by atoms with van der Waals surface area (Å²) in [5.41, 5.74) is 1.51. The van der Waals surface area contributed by atoms with E-state index in [0.717, 1.165) is 46.0 Å². The van der Waals surface area contributed by atoms with Gasteiger partial charge in [0.2, 0.25) is 0 Å². The molecule has 0 saturated heterocycles. The van der Waals surface area contributed by atoms with Crippen LogP contribution in [0.4, 0.5) is 21.0 Å². The highest BCUT2D eigenvalue weighted by Crippen LogP contribution is 2.28. The van der Waals surface area contributed by atoms with Gasteiger partial charge in [-0.05, 0) is 67.5 Å². The molecule has 6 nitrogen and oxygen atoms in total. The molecule has 2 atom stereocenters. The molecule has 0 heterocycles. The summed E-state index contributed by atoms with van der Waals surface area (Å²) in [6.45, 7) is 1.28. The smallest absolute Gasteiger partial charge is 0.319 e. The number of rotatable bonds is 6. The topological polar surface area (TPSA) is 82.3 Å². The van der Waals surface area contributed by atoms with Crippen molar-refractivity contribution in [1.82, 2.24) is 10.6 Å². The van der Waals surface area contributed by atoms with E-state index in [2.05, 4.69) is 53.1 Å². The van der Waals surface area contributed by atoms with Crippen molar-refractivity contribution >= 4 is 55.3 Å². The Kier molecular flexibility index (Phi) is 8.57. The van der Waals surface area contributed by atoms with Crippen molar-refractivity contribution in [3.8, 4) is 0 Å². The van der Waals surface area contributed by atoms with Gasteiger partial charge in [-0.25, -0.2) is 9.59 Å². The number of amides is 4. The standard InChI is InChI=1S/C22H26Br2N4O2/c23-17-6-2-8-19(11-17)27-21(29)25-13-15-4-1-5-16(10-15)14-26-22(30)28-20-9-3-7-18(24)12-20/h2-3,6-9,11-12,15-16H,1,4-5,10,13-14H2,(H2,25,27,29)(H2,26,28,30)/t15-,16-/m0/s1.